The van der Waals surface area contributed by atoms with Crippen LogP contribution in [0, 0.1) is 0 Å². The molecule has 0 atom stereocenters. The zero-order valence-electron chi connectivity index (χ0n) is 27.3. The molecule has 4 N–H and O–H groups in total. The molecule has 0 spiro atoms. The van der Waals surface area contributed by atoms with Crippen LogP contribution >= 0.6 is 15.9 Å². The second-order valence-corrected chi connectivity index (χ2v) is 11.9. The lowest BCUT2D eigenvalue weighted by atomic mass is 10.2. The molecule has 0 aliphatic carbocycles. The van der Waals surface area contributed by atoms with Gasteiger partial charge in [-0.1, -0.05) is 40.9 Å². The molecular weight excluding hydrogens is 701 g/mol. The number of nitrogens with zero attached hydrogens (tertiary/aromatic N) is 3. The Morgan fingerprint density at radius 2 is 1.54 bits per heavy atom. The number of aromatic nitrogens is 3. The number of alkyl halides is 4. The summed E-state index contributed by atoms with van der Waals surface area (Å²) in [7, 11) is 0. The highest BCUT2D eigenvalue weighted by Gasteiger charge is 2.29. The molecule has 3 aromatic rings. The molecular formula is C32H42BrF3N6O6. The summed E-state index contributed by atoms with van der Waals surface area (Å²) in [6, 6.07) is 12.0. The zero-order chi connectivity index (χ0) is 35.6. The van der Waals surface area contributed by atoms with Crippen LogP contribution in [0.5, 0.6) is 11.8 Å². The van der Waals surface area contributed by atoms with Gasteiger partial charge >= 0.3 is 24.2 Å². The highest BCUT2D eigenvalue weighted by molar-refractivity contribution is 9.09. The van der Waals surface area contributed by atoms with E-state index < -0.39 is 30.4 Å². The molecule has 12 nitrogen and oxygen atoms in total. The van der Waals surface area contributed by atoms with Crippen LogP contribution in [-0.2, 0) is 16.0 Å². The van der Waals surface area contributed by atoms with Gasteiger partial charge in [-0.25, -0.2) is 9.59 Å². The fraction of sp³-hybridized carbons (Fsp3) is 0.469. The van der Waals surface area contributed by atoms with Gasteiger partial charge in [0.15, 0.2) is 6.61 Å². The number of aromatic hydroxyl groups is 1. The molecule has 48 heavy (non-hydrogen) atoms. The van der Waals surface area contributed by atoms with Gasteiger partial charge in [-0.2, -0.15) is 28.1 Å². The van der Waals surface area contributed by atoms with Crippen molar-refractivity contribution in [2.45, 2.75) is 71.7 Å². The Labute approximate surface area is 286 Å². The molecule has 2 aromatic carbocycles. The van der Waals surface area contributed by atoms with Crippen molar-refractivity contribution < 1.29 is 42.1 Å². The van der Waals surface area contributed by atoms with Crippen LogP contribution in [-0.4, -0.2) is 69.0 Å². The van der Waals surface area contributed by atoms with E-state index in [4.69, 9.17) is 9.47 Å². The zero-order valence-corrected chi connectivity index (χ0v) is 28.9. The fourth-order valence-corrected chi connectivity index (χ4v) is 4.00. The van der Waals surface area contributed by atoms with Crippen LogP contribution in [0.3, 0.4) is 0 Å². The minimum Gasteiger partial charge on any atom is -0.508 e. The van der Waals surface area contributed by atoms with E-state index in [1.807, 2.05) is 20.8 Å². The largest absolute Gasteiger partial charge is 0.508 e. The Kier molecular flexibility index (Phi) is 16.7. The summed E-state index contributed by atoms with van der Waals surface area (Å²) < 4.78 is 52.4. The Hall–Kier alpha value is -4.34. The summed E-state index contributed by atoms with van der Waals surface area (Å²) in [5.74, 6) is -0.477. The van der Waals surface area contributed by atoms with Gasteiger partial charge in [-0.3, -0.25) is 0 Å². The number of carbonyl (C=O) groups is 2. The monoisotopic (exact) mass is 742 g/mol. The van der Waals surface area contributed by atoms with Gasteiger partial charge < -0.3 is 35.3 Å². The third kappa shape index (κ3) is 17.5. The number of carbonyl (C=O) groups excluding carboxylic acids is 2. The molecule has 1 aromatic heterocycles. The number of hydrogen-bond donors (Lipinski definition) is 4. The molecule has 0 bridgehead atoms. The molecule has 16 heteroatoms. The lowest BCUT2D eigenvalue weighted by Crippen LogP contribution is -2.32. The van der Waals surface area contributed by atoms with Crippen LogP contribution in [0.1, 0.15) is 69.3 Å². The van der Waals surface area contributed by atoms with Gasteiger partial charge in [0.05, 0.1) is 12.2 Å². The van der Waals surface area contributed by atoms with Crippen molar-refractivity contribution in [3.8, 4) is 11.8 Å². The first-order valence-corrected chi connectivity index (χ1v) is 16.3. The van der Waals surface area contributed by atoms with Crippen molar-refractivity contribution in [3.05, 3.63) is 59.7 Å². The third-order valence-electron chi connectivity index (χ3n) is 5.75. The first kappa shape index (κ1) is 39.8. The first-order chi connectivity index (χ1) is 22.7. The Bertz CT molecular complexity index is 1410. The molecule has 0 fully saturated rings. The lowest BCUT2D eigenvalue weighted by molar-refractivity contribution is -0.154. The fourth-order valence-electron chi connectivity index (χ4n) is 3.61. The van der Waals surface area contributed by atoms with Gasteiger partial charge in [-0.05, 0) is 82.5 Å². The maximum atomic E-state index is 12.6. The van der Waals surface area contributed by atoms with Crippen molar-refractivity contribution in [2.24, 2.45) is 0 Å². The number of nitrogens with one attached hydrogen (secondary N) is 3. The number of hydrogen-bond acceptors (Lipinski definition) is 11. The summed E-state index contributed by atoms with van der Waals surface area (Å²) in [6.07, 6.45) is -0.299. The molecule has 0 saturated carbocycles. The highest BCUT2D eigenvalue weighted by atomic mass is 79.9. The number of alkyl carbamates (subject to hydrolysis) is 1. The Balaban J connectivity index is 0.000000450. The number of amides is 1. The second kappa shape index (κ2) is 20.1. The van der Waals surface area contributed by atoms with Crippen LogP contribution in [0.4, 0.5) is 35.5 Å². The van der Waals surface area contributed by atoms with Crippen molar-refractivity contribution in [3.63, 3.8) is 0 Å². The minimum absolute atomic E-state index is 0.0270. The standard InChI is InChI=1S/C21H20F3N5O4.C11H22BrNO2/c1-2-32-17(31)14-5-7-15(8-6-14)26-19-27-18(25-11-13-3-9-16(30)10-4-13)28-20(29-19)33-12-21(22,23)24;1-11(2,3)15-10(14)13-9-7-5-4-6-8-12/h3-10,30H,2,11-12H2,1H3,(H2,25,26,27,28,29);4-9H2,1-3H3,(H,13,14). The van der Waals surface area contributed by atoms with Crippen molar-refractivity contribution >= 4 is 45.6 Å². The summed E-state index contributed by atoms with van der Waals surface area (Å²) in [4.78, 5) is 34.8. The van der Waals surface area contributed by atoms with Crippen molar-refractivity contribution in [2.75, 3.05) is 35.7 Å². The summed E-state index contributed by atoms with van der Waals surface area (Å²) >= 11 is 3.39. The third-order valence-corrected chi connectivity index (χ3v) is 6.31. The number of phenols is 1. The number of ether oxygens (including phenoxy) is 3. The van der Waals surface area contributed by atoms with E-state index in [-0.39, 0.29) is 36.9 Å². The van der Waals surface area contributed by atoms with E-state index in [0.29, 0.717) is 17.8 Å². The number of esters is 1. The maximum Gasteiger partial charge on any atom is 0.422 e. The Morgan fingerprint density at radius 1 is 0.896 bits per heavy atom. The quantitative estimate of drug-likeness (QED) is 0.0694. The predicted molar refractivity (Wildman–Crippen MR) is 179 cm³/mol. The van der Waals surface area contributed by atoms with Gasteiger partial charge in [-0.15, -0.1) is 0 Å². The number of unbranched alkanes of at least 4 members (excludes halogenated alkanes) is 3. The molecule has 0 saturated heterocycles. The maximum absolute atomic E-state index is 12.6. The van der Waals surface area contributed by atoms with E-state index in [0.717, 1.165) is 23.7 Å². The highest BCUT2D eigenvalue weighted by Crippen LogP contribution is 2.21. The molecule has 0 radical (unpaired) electrons. The first-order valence-electron chi connectivity index (χ1n) is 15.2. The van der Waals surface area contributed by atoms with Crippen LogP contribution in [0.15, 0.2) is 48.5 Å². The average molecular weight is 744 g/mol. The van der Waals surface area contributed by atoms with Gasteiger partial charge in [0, 0.05) is 24.1 Å². The summed E-state index contributed by atoms with van der Waals surface area (Å²) in [5.41, 5.74) is 1.18. The Morgan fingerprint density at radius 3 is 2.15 bits per heavy atom. The summed E-state index contributed by atoms with van der Waals surface area (Å²) in [6.45, 7) is 6.90. The number of benzene rings is 2. The normalized spacial score (nSPS) is 11.1. The summed E-state index contributed by atoms with van der Waals surface area (Å²) in [5, 5.41) is 18.9. The van der Waals surface area contributed by atoms with E-state index >= 15 is 0 Å². The van der Waals surface area contributed by atoms with Gasteiger partial charge in [0.25, 0.3) is 0 Å². The van der Waals surface area contributed by atoms with Crippen LogP contribution in [0.2, 0.25) is 0 Å². The van der Waals surface area contributed by atoms with E-state index in [2.05, 4.69) is 51.6 Å². The van der Waals surface area contributed by atoms with Crippen LogP contribution < -0.4 is 20.7 Å². The SMILES string of the molecule is CC(C)(C)OC(=O)NCCCCCCBr.CCOC(=O)c1ccc(Nc2nc(NCc3ccc(O)cc3)nc(OCC(F)(F)F)n2)cc1. The molecule has 1 amide bonds. The topological polar surface area (TPSA) is 157 Å². The van der Waals surface area contributed by atoms with Crippen molar-refractivity contribution in [1.29, 1.82) is 0 Å². The molecule has 264 valence electrons. The number of rotatable bonds is 15. The van der Waals surface area contributed by atoms with Crippen LogP contribution in [0.25, 0.3) is 0 Å². The number of phenolic OH excluding ortho intramolecular Hbond substituents is 1. The van der Waals surface area contributed by atoms with E-state index in [1.165, 1.54) is 37.1 Å². The lowest BCUT2D eigenvalue weighted by Gasteiger charge is -2.19. The molecule has 3 rings (SSSR count). The molecule has 1 heterocycles. The van der Waals surface area contributed by atoms with Crippen molar-refractivity contribution in [1.82, 2.24) is 20.3 Å². The predicted octanol–water partition coefficient (Wildman–Crippen LogP) is 7.52. The van der Waals surface area contributed by atoms with Gasteiger partial charge in [0.1, 0.15) is 11.4 Å². The minimum atomic E-state index is -4.57. The second-order valence-electron chi connectivity index (χ2n) is 11.1. The molecule has 0 aliphatic rings. The molecule has 0 unspecified atom stereocenters. The number of anilines is 3. The molecule has 0 aliphatic heterocycles. The average Bonchev–Trinajstić information content (AvgIpc) is 3.01. The smallest absolute Gasteiger partial charge is 0.422 e. The van der Waals surface area contributed by atoms with E-state index in [9.17, 15) is 27.9 Å². The number of halogens is 4. The van der Waals surface area contributed by atoms with Gasteiger partial charge in [0.2, 0.25) is 11.9 Å². The van der Waals surface area contributed by atoms with E-state index in [1.54, 1.807) is 31.2 Å².